The molecule has 0 amide bonds. The van der Waals surface area contributed by atoms with Crippen molar-refractivity contribution in [2.75, 3.05) is 0 Å². The number of thiazole rings is 1. The molecule has 4 rings (SSSR count). The van der Waals surface area contributed by atoms with Crippen LogP contribution in [0.2, 0.25) is 0 Å². The van der Waals surface area contributed by atoms with Gasteiger partial charge >= 0.3 is 0 Å². The molecular weight excluding hydrogens is 340 g/mol. The molecule has 0 spiro atoms. The summed E-state index contributed by atoms with van der Waals surface area (Å²) in [6, 6.07) is 14.7. The van der Waals surface area contributed by atoms with Crippen molar-refractivity contribution >= 4 is 22.6 Å². The van der Waals surface area contributed by atoms with Gasteiger partial charge in [-0.3, -0.25) is 9.20 Å². The van der Waals surface area contributed by atoms with Crippen molar-refractivity contribution in [1.82, 2.24) is 9.38 Å². The zero-order chi connectivity index (χ0) is 18.4. The number of imidazole rings is 1. The third-order valence-electron chi connectivity index (χ3n) is 4.76. The van der Waals surface area contributed by atoms with Crippen LogP contribution in [-0.4, -0.2) is 15.7 Å². The van der Waals surface area contributed by atoms with Crippen molar-refractivity contribution in [3.63, 3.8) is 0 Å². The Kier molecular flexibility index (Phi) is 4.00. The Morgan fingerprint density at radius 1 is 0.962 bits per heavy atom. The average Bonchev–Trinajstić information content (AvgIpc) is 3.10. The first kappa shape index (κ1) is 16.7. The van der Waals surface area contributed by atoms with Crippen LogP contribution in [0, 0.1) is 27.7 Å². The molecule has 26 heavy (non-hydrogen) atoms. The lowest BCUT2D eigenvalue weighted by molar-refractivity contribution is 0.111. The molecule has 2 heterocycles. The largest absolute Gasteiger partial charge is 0.296 e. The summed E-state index contributed by atoms with van der Waals surface area (Å²) in [6.45, 7) is 8.30. The summed E-state index contributed by atoms with van der Waals surface area (Å²) in [5, 5.41) is 0. The van der Waals surface area contributed by atoms with E-state index in [0.717, 1.165) is 44.2 Å². The number of hydrogen-bond donors (Lipinski definition) is 0. The SMILES string of the molecule is Cc1ccc(-c2c(C)sc3nc(-c4ccc(C)cc4C)c(C=O)n23)cc1. The van der Waals surface area contributed by atoms with Crippen molar-refractivity contribution < 1.29 is 4.79 Å². The Hall–Kier alpha value is -2.72. The van der Waals surface area contributed by atoms with Crippen molar-refractivity contribution in [3.8, 4) is 22.5 Å². The molecule has 0 saturated carbocycles. The Morgan fingerprint density at radius 3 is 2.31 bits per heavy atom. The van der Waals surface area contributed by atoms with Crippen LogP contribution < -0.4 is 0 Å². The Labute approximate surface area is 157 Å². The topological polar surface area (TPSA) is 34.4 Å². The van der Waals surface area contributed by atoms with E-state index in [1.807, 2.05) is 4.40 Å². The number of nitrogens with zero attached hydrogens (tertiary/aromatic N) is 2. The molecule has 0 N–H and O–H groups in total. The fraction of sp³-hybridized carbons (Fsp3) is 0.182. The van der Waals surface area contributed by atoms with E-state index in [1.165, 1.54) is 11.1 Å². The van der Waals surface area contributed by atoms with Crippen molar-refractivity contribution in [1.29, 1.82) is 0 Å². The van der Waals surface area contributed by atoms with E-state index in [2.05, 4.69) is 70.2 Å². The minimum Gasteiger partial charge on any atom is -0.296 e. The van der Waals surface area contributed by atoms with Gasteiger partial charge in [0.05, 0.1) is 5.69 Å². The van der Waals surface area contributed by atoms with Gasteiger partial charge in [-0.25, -0.2) is 4.98 Å². The van der Waals surface area contributed by atoms with E-state index >= 15 is 0 Å². The summed E-state index contributed by atoms with van der Waals surface area (Å²) >= 11 is 1.62. The first-order valence-corrected chi connectivity index (χ1v) is 9.43. The van der Waals surface area contributed by atoms with Crippen molar-refractivity contribution in [3.05, 3.63) is 69.7 Å². The molecule has 2 aromatic heterocycles. The van der Waals surface area contributed by atoms with E-state index in [4.69, 9.17) is 4.98 Å². The van der Waals surface area contributed by atoms with Crippen LogP contribution in [0.25, 0.3) is 27.5 Å². The highest BCUT2D eigenvalue weighted by Crippen LogP contribution is 2.36. The highest BCUT2D eigenvalue weighted by molar-refractivity contribution is 7.17. The van der Waals surface area contributed by atoms with Gasteiger partial charge in [-0.1, -0.05) is 53.6 Å². The number of carbonyl (C=O) groups excluding carboxylic acids is 1. The van der Waals surface area contributed by atoms with Gasteiger partial charge in [0.1, 0.15) is 11.4 Å². The predicted molar refractivity (Wildman–Crippen MR) is 108 cm³/mol. The Balaban J connectivity index is 2.01. The summed E-state index contributed by atoms with van der Waals surface area (Å²) < 4.78 is 2.01. The molecule has 0 radical (unpaired) electrons. The van der Waals surface area contributed by atoms with Crippen LogP contribution in [0.15, 0.2) is 42.5 Å². The van der Waals surface area contributed by atoms with Crippen molar-refractivity contribution in [2.45, 2.75) is 27.7 Å². The Bertz CT molecular complexity index is 1130. The van der Waals surface area contributed by atoms with Gasteiger partial charge in [-0.05, 0) is 38.8 Å². The lowest BCUT2D eigenvalue weighted by Crippen LogP contribution is -1.96. The van der Waals surface area contributed by atoms with Gasteiger partial charge in [0, 0.05) is 10.4 Å². The molecule has 0 aliphatic rings. The fourth-order valence-corrected chi connectivity index (χ4v) is 4.47. The average molecular weight is 360 g/mol. The second-order valence-electron chi connectivity index (χ2n) is 6.77. The second-order valence-corrected chi connectivity index (χ2v) is 7.95. The maximum atomic E-state index is 12.0. The van der Waals surface area contributed by atoms with Gasteiger partial charge in [0.25, 0.3) is 0 Å². The van der Waals surface area contributed by atoms with Gasteiger partial charge < -0.3 is 0 Å². The standard InChI is InChI=1S/C22H20N2OS/c1-13-5-8-17(9-6-13)21-16(4)26-22-23-20(19(12-25)24(21)22)18-10-7-14(2)11-15(18)3/h5-12H,1-4H3. The van der Waals surface area contributed by atoms with E-state index in [0.29, 0.717) is 5.69 Å². The molecule has 0 aliphatic heterocycles. The molecule has 4 aromatic rings. The maximum absolute atomic E-state index is 12.0. The molecular formula is C22H20N2OS. The third kappa shape index (κ3) is 2.58. The number of hydrogen-bond acceptors (Lipinski definition) is 3. The molecule has 0 aliphatic carbocycles. The number of aromatic nitrogens is 2. The van der Waals surface area contributed by atoms with Crippen LogP contribution in [0.3, 0.4) is 0 Å². The highest BCUT2D eigenvalue weighted by Gasteiger charge is 2.21. The fourth-order valence-electron chi connectivity index (χ4n) is 3.47. The molecule has 2 aromatic carbocycles. The summed E-state index contributed by atoms with van der Waals surface area (Å²) in [6.07, 6.45) is 0.929. The van der Waals surface area contributed by atoms with Crippen molar-refractivity contribution in [2.24, 2.45) is 0 Å². The number of carbonyl (C=O) groups is 1. The molecule has 0 fully saturated rings. The normalized spacial score (nSPS) is 11.2. The smallest absolute Gasteiger partial charge is 0.195 e. The summed E-state index contributed by atoms with van der Waals surface area (Å²) in [5.41, 5.74) is 8.10. The molecule has 0 unspecified atom stereocenters. The van der Waals surface area contributed by atoms with Crippen LogP contribution in [-0.2, 0) is 0 Å². The number of aryl methyl sites for hydroxylation is 4. The van der Waals surface area contributed by atoms with Crippen LogP contribution in [0.5, 0.6) is 0 Å². The second kappa shape index (κ2) is 6.22. The molecule has 130 valence electrons. The number of fused-ring (bicyclic) bond motifs is 1. The first-order chi connectivity index (χ1) is 12.5. The van der Waals surface area contributed by atoms with Gasteiger partial charge in [-0.2, -0.15) is 0 Å². The Morgan fingerprint density at radius 2 is 1.65 bits per heavy atom. The van der Waals surface area contributed by atoms with E-state index in [9.17, 15) is 4.79 Å². The molecule has 0 bridgehead atoms. The molecule has 3 nitrogen and oxygen atoms in total. The lowest BCUT2D eigenvalue weighted by atomic mass is 10.0. The monoisotopic (exact) mass is 360 g/mol. The minimum absolute atomic E-state index is 0.617. The third-order valence-corrected chi connectivity index (χ3v) is 5.71. The van der Waals surface area contributed by atoms with Gasteiger partial charge in [0.15, 0.2) is 11.2 Å². The lowest BCUT2D eigenvalue weighted by Gasteiger charge is -2.07. The number of benzene rings is 2. The van der Waals surface area contributed by atoms with Crippen LogP contribution in [0.4, 0.5) is 0 Å². The predicted octanol–water partition coefficient (Wildman–Crippen LogP) is 5.78. The van der Waals surface area contributed by atoms with Crippen LogP contribution in [0.1, 0.15) is 32.1 Å². The summed E-state index contributed by atoms with van der Waals surface area (Å²) in [5.74, 6) is 0. The first-order valence-electron chi connectivity index (χ1n) is 8.61. The van der Waals surface area contributed by atoms with E-state index in [-0.39, 0.29) is 0 Å². The van der Waals surface area contributed by atoms with Gasteiger partial charge in [0.2, 0.25) is 0 Å². The molecule has 0 saturated heterocycles. The zero-order valence-electron chi connectivity index (χ0n) is 15.3. The number of rotatable bonds is 3. The van der Waals surface area contributed by atoms with E-state index in [1.54, 1.807) is 11.3 Å². The molecule has 4 heteroatoms. The minimum atomic E-state index is 0.617. The maximum Gasteiger partial charge on any atom is 0.195 e. The molecule has 0 atom stereocenters. The van der Waals surface area contributed by atoms with E-state index < -0.39 is 0 Å². The highest BCUT2D eigenvalue weighted by atomic mass is 32.1. The summed E-state index contributed by atoms with van der Waals surface area (Å²) in [4.78, 5) is 18.9. The number of aldehydes is 1. The quantitative estimate of drug-likeness (QED) is 0.434. The zero-order valence-corrected chi connectivity index (χ0v) is 16.1. The summed E-state index contributed by atoms with van der Waals surface area (Å²) in [7, 11) is 0. The van der Waals surface area contributed by atoms with Crippen LogP contribution >= 0.6 is 11.3 Å². The van der Waals surface area contributed by atoms with Gasteiger partial charge in [-0.15, -0.1) is 11.3 Å².